The summed E-state index contributed by atoms with van der Waals surface area (Å²) in [5.41, 5.74) is 5.21. The molecule has 0 aliphatic carbocycles. The Kier molecular flexibility index (Phi) is 15.1. The van der Waals surface area contributed by atoms with Crippen LogP contribution in [0.5, 0.6) is 0 Å². The van der Waals surface area contributed by atoms with Gasteiger partial charge in [-0.25, -0.2) is 0 Å². The zero-order valence-electron chi connectivity index (χ0n) is 23.3. The Labute approximate surface area is 267 Å². The molecule has 0 aromatic heterocycles. The summed E-state index contributed by atoms with van der Waals surface area (Å²) in [5, 5.41) is 5.31. The average Bonchev–Trinajstić information content (AvgIpc) is 3.65. The van der Waals surface area contributed by atoms with E-state index in [1.807, 2.05) is 0 Å². The van der Waals surface area contributed by atoms with E-state index in [1.165, 1.54) is 93.4 Å². The summed E-state index contributed by atoms with van der Waals surface area (Å²) in [7, 11) is 0. The van der Waals surface area contributed by atoms with Crippen molar-refractivity contribution >= 4 is 49.6 Å². The second-order valence-electron chi connectivity index (χ2n) is 9.50. The molecular weight excluding hydrogens is 694 g/mol. The Morgan fingerprint density at radius 3 is 1.30 bits per heavy atom. The largest absolute Gasteiger partial charge is 0.168 e. The second-order valence-corrected chi connectivity index (χ2v) is 12.0. The standard InChI is InChI=1S/2C15H11.C7H14.2ClH.Hf/c2*1-2-6-12(7-3-1)14-10-4-8-13-9-5-11-15(13)14;1-3-5-7-6-4-2;;;/h2*1-11H;3-6H2,1-2H3;2*1H;/q2*-1;;;;+2. The van der Waals surface area contributed by atoms with Gasteiger partial charge in [0.2, 0.25) is 0 Å². The van der Waals surface area contributed by atoms with Crippen LogP contribution >= 0.6 is 24.8 Å². The number of benzene rings is 4. The van der Waals surface area contributed by atoms with Crippen molar-refractivity contribution < 1.29 is 23.9 Å². The third kappa shape index (κ3) is 9.23. The summed E-state index contributed by atoms with van der Waals surface area (Å²) < 4.78 is 1.80. The fourth-order valence-corrected chi connectivity index (χ4v) is 6.59. The molecule has 0 spiro atoms. The predicted octanol–water partition coefficient (Wildman–Crippen LogP) is 11.6. The van der Waals surface area contributed by atoms with Crippen molar-refractivity contribution in [2.75, 3.05) is 0 Å². The van der Waals surface area contributed by atoms with Crippen LogP contribution < -0.4 is 0 Å². The maximum Gasteiger partial charge on any atom is -0.0279 e. The molecule has 0 amide bonds. The number of fused-ring (bicyclic) bond motifs is 2. The van der Waals surface area contributed by atoms with Gasteiger partial charge < -0.3 is 0 Å². The quantitative estimate of drug-likeness (QED) is 0.118. The van der Waals surface area contributed by atoms with Crippen LogP contribution in [-0.4, -0.2) is 3.26 Å². The Bertz CT molecular complexity index is 1430. The maximum absolute atomic E-state index is 2.26. The van der Waals surface area contributed by atoms with E-state index in [-0.39, 0.29) is 24.8 Å². The van der Waals surface area contributed by atoms with Crippen LogP contribution in [-0.2, 0) is 23.9 Å². The molecule has 0 N–H and O–H groups in total. The van der Waals surface area contributed by atoms with Crippen LogP contribution in [0.2, 0.25) is 0 Å². The summed E-state index contributed by atoms with van der Waals surface area (Å²) in [6, 6.07) is 46.8. The zero-order valence-corrected chi connectivity index (χ0v) is 28.6. The summed E-state index contributed by atoms with van der Waals surface area (Å²) in [6.07, 6.45) is 5.47. The summed E-state index contributed by atoms with van der Waals surface area (Å²) >= 11 is 1.33. The van der Waals surface area contributed by atoms with E-state index in [1.54, 1.807) is 3.26 Å². The molecule has 0 heterocycles. The maximum atomic E-state index is 2.26. The van der Waals surface area contributed by atoms with Gasteiger partial charge in [-0.2, -0.15) is 24.3 Å². The van der Waals surface area contributed by atoms with Crippen LogP contribution in [0.3, 0.4) is 0 Å². The minimum absolute atomic E-state index is 0. The molecular formula is C37H38Cl2Hf. The van der Waals surface area contributed by atoms with Gasteiger partial charge in [0.25, 0.3) is 0 Å². The molecule has 6 aromatic carbocycles. The van der Waals surface area contributed by atoms with Crippen LogP contribution in [0, 0.1) is 0 Å². The predicted molar refractivity (Wildman–Crippen MR) is 179 cm³/mol. The van der Waals surface area contributed by atoms with E-state index in [9.17, 15) is 0 Å². The Morgan fingerprint density at radius 1 is 0.525 bits per heavy atom. The van der Waals surface area contributed by atoms with E-state index in [0.29, 0.717) is 0 Å². The van der Waals surface area contributed by atoms with Gasteiger partial charge in [0, 0.05) is 0 Å². The molecule has 0 saturated heterocycles. The Balaban J connectivity index is 0.000000216. The molecule has 0 saturated carbocycles. The molecule has 0 nitrogen and oxygen atoms in total. The van der Waals surface area contributed by atoms with E-state index >= 15 is 0 Å². The molecule has 0 atom stereocenters. The van der Waals surface area contributed by atoms with Gasteiger partial charge in [0.1, 0.15) is 0 Å². The van der Waals surface area contributed by atoms with Gasteiger partial charge in [-0.1, -0.05) is 83.9 Å². The molecule has 0 aliphatic heterocycles. The number of rotatable bonds is 6. The zero-order chi connectivity index (χ0) is 26.6. The smallest absolute Gasteiger partial charge is 0.0279 e. The Morgan fingerprint density at radius 2 is 0.925 bits per heavy atom. The van der Waals surface area contributed by atoms with E-state index in [2.05, 4.69) is 147 Å². The fraction of sp³-hybridized carbons (Fsp3) is 0.162. The average molecular weight is 732 g/mol. The topological polar surface area (TPSA) is 0 Å². The third-order valence-corrected chi connectivity index (χ3v) is 8.43. The van der Waals surface area contributed by atoms with Crippen molar-refractivity contribution in [1.82, 2.24) is 0 Å². The van der Waals surface area contributed by atoms with E-state index < -0.39 is 0 Å². The van der Waals surface area contributed by atoms with E-state index in [4.69, 9.17) is 0 Å². The molecule has 0 aliphatic rings. The molecule has 0 bridgehead atoms. The van der Waals surface area contributed by atoms with Crippen molar-refractivity contribution in [3.05, 3.63) is 133 Å². The first kappa shape index (κ1) is 33.6. The van der Waals surface area contributed by atoms with Crippen molar-refractivity contribution in [2.24, 2.45) is 0 Å². The van der Waals surface area contributed by atoms with Gasteiger partial charge in [-0.3, -0.25) is 0 Å². The van der Waals surface area contributed by atoms with Gasteiger partial charge in [0.15, 0.2) is 0 Å². The summed E-state index contributed by atoms with van der Waals surface area (Å²) in [6.45, 7) is 4.51. The van der Waals surface area contributed by atoms with Crippen molar-refractivity contribution in [1.29, 1.82) is 0 Å². The third-order valence-electron chi connectivity index (χ3n) is 6.63. The van der Waals surface area contributed by atoms with E-state index in [0.717, 1.165) is 0 Å². The summed E-state index contributed by atoms with van der Waals surface area (Å²) in [4.78, 5) is 0. The Hall–Kier alpha value is -2.58. The first-order valence-electron chi connectivity index (χ1n) is 13.7. The molecule has 0 radical (unpaired) electrons. The van der Waals surface area contributed by atoms with Crippen LogP contribution in [0.25, 0.3) is 43.8 Å². The molecule has 204 valence electrons. The van der Waals surface area contributed by atoms with Gasteiger partial charge in [-0.15, -0.1) is 82.8 Å². The minimum atomic E-state index is 0. The van der Waals surface area contributed by atoms with Crippen LogP contribution in [0.4, 0.5) is 0 Å². The van der Waals surface area contributed by atoms with Gasteiger partial charge >= 0.3 is 66.7 Å². The number of hydrogen-bond acceptors (Lipinski definition) is 0. The number of halogens is 2. The monoisotopic (exact) mass is 732 g/mol. The molecule has 3 heteroatoms. The van der Waals surface area contributed by atoms with Gasteiger partial charge in [-0.05, 0) is 11.1 Å². The minimum Gasteiger partial charge on any atom is -0.168 e. The number of hydrogen-bond donors (Lipinski definition) is 0. The van der Waals surface area contributed by atoms with Crippen LogP contribution in [0.1, 0.15) is 39.5 Å². The van der Waals surface area contributed by atoms with Crippen molar-refractivity contribution in [2.45, 2.75) is 39.5 Å². The SMILES string of the molecule is CCC[C](=[Hf+2])CCC.Cl.Cl.c1ccc(-c2cccc3[cH-]ccc23)cc1.c1ccc(-c2cccc3[cH-]ccc23)cc1. The molecule has 6 aromatic rings. The van der Waals surface area contributed by atoms with Gasteiger partial charge in [0.05, 0.1) is 0 Å². The molecule has 0 fully saturated rings. The molecule has 0 unspecified atom stereocenters. The summed E-state index contributed by atoms with van der Waals surface area (Å²) in [5.74, 6) is 0. The second kappa shape index (κ2) is 18.0. The first-order chi connectivity index (χ1) is 18.7. The van der Waals surface area contributed by atoms with Crippen molar-refractivity contribution in [3.8, 4) is 22.3 Å². The molecule has 40 heavy (non-hydrogen) atoms. The van der Waals surface area contributed by atoms with Crippen LogP contribution in [0.15, 0.2) is 133 Å². The normalized spacial score (nSPS) is 9.90. The molecule has 6 rings (SSSR count). The van der Waals surface area contributed by atoms with Crippen molar-refractivity contribution in [3.63, 3.8) is 0 Å². The fourth-order valence-electron chi connectivity index (χ4n) is 4.79. The first-order valence-corrected chi connectivity index (χ1v) is 15.5.